The summed E-state index contributed by atoms with van der Waals surface area (Å²) in [6.45, 7) is 2.36. The third-order valence-electron chi connectivity index (χ3n) is 3.32. The molecule has 2 fully saturated rings. The van der Waals surface area contributed by atoms with E-state index in [2.05, 4.69) is 26.6 Å². The van der Waals surface area contributed by atoms with Crippen LogP contribution in [0.15, 0.2) is 15.9 Å². The molecule has 3 rings (SSSR count). The number of nitrogens with one attached hydrogen (secondary N) is 2. The van der Waals surface area contributed by atoms with Gasteiger partial charge in [0.25, 0.3) is 0 Å². The molecule has 0 unspecified atom stereocenters. The molecule has 2 aliphatic heterocycles. The summed E-state index contributed by atoms with van der Waals surface area (Å²) in [7, 11) is 0. The number of hydrogen-bond donors (Lipinski definition) is 2. The fourth-order valence-electron chi connectivity index (χ4n) is 2.38. The van der Waals surface area contributed by atoms with Crippen LogP contribution in [0.4, 0.5) is 0 Å². The van der Waals surface area contributed by atoms with E-state index in [1.807, 2.05) is 11.4 Å². The van der Waals surface area contributed by atoms with Gasteiger partial charge in [0, 0.05) is 21.2 Å². The molecule has 5 nitrogen and oxygen atoms in total. The highest BCUT2D eigenvalue weighted by molar-refractivity contribution is 9.10. The monoisotopic (exact) mass is 346 g/mol. The van der Waals surface area contributed by atoms with E-state index in [1.54, 1.807) is 11.3 Å². The Morgan fingerprint density at radius 3 is 3.05 bits per heavy atom. The van der Waals surface area contributed by atoms with Gasteiger partial charge < -0.3 is 20.1 Å². The summed E-state index contributed by atoms with van der Waals surface area (Å²) in [4.78, 5) is 13.2. The predicted octanol–water partition coefficient (Wildman–Crippen LogP) is 1.23. The molecule has 0 bridgehead atoms. The number of carbonyl (C=O) groups is 1. The van der Waals surface area contributed by atoms with Gasteiger partial charge in [-0.1, -0.05) is 0 Å². The van der Waals surface area contributed by atoms with Crippen LogP contribution in [-0.2, 0) is 20.8 Å². The summed E-state index contributed by atoms with van der Waals surface area (Å²) in [5.41, 5.74) is 0. The molecule has 19 heavy (non-hydrogen) atoms. The Bertz CT molecular complexity index is 473. The average molecular weight is 347 g/mol. The van der Waals surface area contributed by atoms with Gasteiger partial charge in [0.2, 0.25) is 5.91 Å². The highest BCUT2D eigenvalue weighted by atomic mass is 79.9. The molecule has 0 saturated carbocycles. The van der Waals surface area contributed by atoms with Crippen LogP contribution in [0, 0.1) is 0 Å². The van der Waals surface area contributed by atoms with Crippen LogP contribution >= 0.6 is 27.3 Å². The average Bonchev–Trinajstić information content (AvgIpc) is 3.11. The molecule has 2 N–H and O–H groups in total. The third kappa shape index (κ3) is 3.00. The molecule has 0 aliphatic carbocycles. The number of thiophene rings is 1. The number of carbonyl (C=O) groups excluding carboxylic acids is 1. The third-order valence-corrected chi connectivity index (χ3v) is 5.02. The highest BCUT2D eigenvalue weighted by Gasteiger charge is 2.46. The summed E-state index contributed by atoms with van der Waals surface area (Å²) in [5.74, 6) is -0.575. The van der Waals surface area contributed by atoms with Crippen molar-refractivity contribution in [1.82, 2.24) is 10.6 Å². The molecule has 1 amide bonds. The molecule has 1 aromatic heterocycles. The number of halogens is 1. The Labute approximate surface area is 123 Å². The van der Waals surface area contributed by atoms with Gasteiger partial charge in [-0.05, 0) is 22.0 Å². The second-order valence-corrected chi connectivity index (χ2v) is 6.61. The van der Waals surface area contributed by atoms with Crippen LogP contribution < -0.4 is 10.6 Å². The number of hydrogen-bond acceptors (Lipinski definition) is 5. The maximum Gasteiger partial charge on any atom is 0.237 e. The molecule has 7 heteroatoms. The van der Waals surface area contributed by atoms with Crippen molar-refractivity contribution in [3.8, 4) is 0 Å². The fourth-order valence-corrected chi connectivity index (χ4v) is 3.77. The van der Waals surface area contributed by atoms with Gasteiger partial charge in [-0.25, -0.2) is 0 Å². The summed E-state index contributed by atoms with van der Waals surface area (Å²) in [6.07, 6.45) is 0.576. The molecule has 0 aromatic carbocycles. The van der Waals surface area contributed by atoms with Crippen LogP contribution in [0.3, 0.4) is 0 Å². The maximum atomic E-state index is 12.1. The molecular formula is C12H15BrN2O3S. The first-order valence-corrected chi connectivity index (χ1v) is 7.86. The second-order valence-electron chi connectivity index (χ2n) is 4.69. The zero-order valence-electron chi connectivity index (χ0n) is 10.3. The Morgan fingerprint density at radius 2 is 2.37 bits per heavy atom. The van der Waals surface area contributed by atoms with E-state index in [-0.39, 0.29) is 11.9 Å². The summed E-state index contributed by atoms with van der Waals surface area (Å²) in [6, 6.07) is 1.78. The van der Waals surface area contributed by atoms with E-state index in [0.717, 1.165) is 9.35 Å². The van der Waals surface area contributed by atoms with E-state index in [0.29, 0.717) is 32.7 Å². The number of rotatable bonds is 3. The van der Waals surface area contributed by atoms with E-state index in [4.69, 9.17) is 9.47 Å². The maximum absolute atomic E-state index is 12.1. The lowest BCUT2D eigenvalue weighted by Gasteiger charge is -2.19. The topological polar surface area (TPSA) is 59.6 Å². The Balaban J connectivity index is 1.51. The lowest BCUT2D eigenvalue weighted by Crippen LogP contribution is -2.39. The van der Waals surface area contributed by atoms with Gasteiger partial charge in [0.1, 0.15) is 0 Å². The first-order valence-electron chi connectivity index (χ1n) is 6.19. The lowest BCUT2D eigenvalue weighted by molar-refractivity contribution is -0.144. The molecular weight excluding hydrogens is 332 g/mol. The largest absolute Gasteiger partial charge is 0.350 e. The van der Waals surface area contributed by atoms with Crippen molar-refractivity contribution in [2.24, 2.45) is 0 Å². The van der Waals surface area contributed by atoms with E-state index in [9.17, 15) is 4.79 Å². The van der Waals surface area contributed by atoms with Crippen LogP contribution in [0.1, 0.15) is 11.3 Å². The minimum atomic E-state index is -0.575. The van der Waals surface area contributed by atoms with Gasteiger partial charge in [-0.15, -0.1) is 11.3 Å². The van der Waals surface area contributed by atoms with Crippen molar-refractivity contribution < 1.29 is 14.3 Å². The second kappa shape index (κ2) is 5.49. The highest BCUT2D eigenvalue weighted by Crippen LogP contribution is 2.29. The lowest BCUT2D eigenvalue weighted by atomic mass is 10.1. The first kappa shape index (κ1) is 13.5. The molecule has 1 spiro atoms. The van der Waals surface area contributed by atoms with Crippen LogP contribution in [0.2, 0.25) is 0 Å². The predicted molar refractivity (Wildman–Crippen MR) is 74.9 cm³/mol. The minimum Gasteiger partial charge on any atom is -0.350 e. The normalized spacial score (nSPS) is 25.0. The molecule has 3 heterocycles. The van der Waals surface area contributed by atoms with Crippen molar-refractivity contribution in [2.75, 3.05) is 19.8 Å². The molecule has 104 valence electrons. The van der Waals surface area contributed by atoms with Crippen LogP contribution in [-0.4, -0.2) is 37.5 Å². The standard InChI is InChI=1S/C12H15BrN2O3S/c13-8-3-9(19-6-8)5-14-11(16)10-4-12(7-15-10)17-1-2-18-12/h3,6,10,15H,1-2,4-5,7H2,(H,14,16)/t10-/m0/s1. The summed E-state index contributed by atoms with van der Waals surface area (Å²) >= 11 is 5.02. The molecule has 2 saturated heterocycles. The molecule has 1 aromatic rings. The van der Waals surface area contributed by atoms with Gasteiger partial charge in [-0.2, -0.15) is 0 Å². The Kier molecular flexibility index (Phi) is 3.91. The van der Waals surface area contributed by atoms with Crippen molar-refractivity contribution >= 4 is 33.2 Å². The van der Waals surface area contributed by atoms with Gasteiger partial charge in [0.15, 0.2) is 5.79 Å². The molecule has 2 aliphatic rings. The van der Waals surface area contributed by atoms with Crippen molar-refractivity contribution in [1.29, 1.82) is 0 Å². The fraction of sp³-hybridized carbons (Fsp3) is 0.583. The van der Waals surface area contributed by atoms with Gasteiger partial charge >= 0.3 is 0 Å². The number of ether oxygens (including phenoxy) is 2. The SMILES string of the molecule is O=C(NCc1cc(Br)cs1)[C@@H]1CC2(CN1)OCCO2. The van der Waals surface area contributed by atoms with Crippen LogP contribution in [0.5, 0.6) is 0 Å². The van der Waals surface area contributed by atoms with Gasteiger partial charge in [-0.3, -0.25) is 4.79 Å². The van der Waals surface area contributed by atoms with E-state index in [1.165, 1.54) is 0 Å². The zero-order chi connectivity index (χ0) is 13.3. The summed E-state index contributed by atoms with van der Waals surface area (Å²) in [5, 5.41) is 8.10. The van der Waals surface area contributed by atoms with Crippen LogP contribution in [0.25, 0.3) is 0 Å². The van der Waals surface area contributed by atoms with Gasteiger partial charge in [0.05, 0.1) is 32.3 Å². The van der Waals surface area contributed by atoms with Crippen molar-refractivity contribution in [2.45, 2.75) is 24.8 Å². The van der Waals surface area contributed by atoms with E-state index < -0.39 is 5.79 Å². The first-order chi connectivity index (χ1) is 9.17. The van der Waals surface area contributed by atoms with E-state index >= 15 is 0 Å². The smallest absolute Gasteiger partial charge is 0.237 e. The van der Waals surface area contributed by atoms with Crippen molar-refractivity contribution in [3.05, 3.63) is 20.8 Å². The molecule has 0 radical (unpaired) electrons. The number of amides is 1. The van der Waals surface area contributed by atoms with Crippen molar-refractivity contribution in [3.63, 3.8) is 0 Å². The molecule has 1 atom stereocenters. The minimum absolute atomic E-state index is 0.000461. The summed E-state index contributed by atoms with van der Waals surface area (Å²) < 4.78 is 12.2. The Morgan fingerprint density at radius 1 is 1.58 bits per heavy atom. The Hall–Kier alpha value is -0.470. The zero-order valence-corrected chi connectivity index (χ0v) is 12.7. The quantitative estimate of drug-likeness (QED) is 0.864.